The van der Waals surface area contributed by atoms with E-state index in [1.54, 1.807) is 0 Å². The minimum absolute atomic E-state index is 0.101. The van der Waals surface area contributed by atoms with E-state index in [4.69, 9.17) is 0 Å². The fraction of sp³-hybridized carbons (Fsp3) is 0.923. The molecule has 0 bridgehead atoms. The second-order valence-electron chi connectivity index (χ2n) is 6.79. The van der Waals surface area contributed by atoms with Crippen molar-refractivity contribution < 1.29 is 0 Å². The van der Waals surface area contributed by atoms with E-state index in [1.807, 2.05) is 11.8 Å². The Morgan fingerprint density at radius 2 is 1.60 bits per heavy atom. The highest BCUT2D eigenvalue weighted by atomic mass is 32.2. The summed E-state index contributed by atoms with van der Waals surface area (Å²) in [6, 6.07) is 2.54. The summed E-state index contributed by atoms with van der Waals surface area (Å²) in [5.74, 6) is 0.715. The van der Waals surface area contributed by atoms with E-state index in [9.17, 15) is 5.26 Å². The third-order valence-electron chi connectivity index (χ3n) is 3.08. The Bertz CT molecular complexity index is 268. The summed E-state index contributed by atoms with van der Waals surface area (Å²) in [5, 5.41) is 9.31. The van der Waals surface area contributed by atoms with Crippen molar-refractivity contribution in [2.75, 3.05) is 0 Å². The molecule has 0 saturated heterocycles. The van der Waals surface area contributed by atoms with Crippen LogP contribution >= 0.6 is 11.8 Å². The maximum absolute atomic E-state index is 9.31. The average molecular weight is 225 g/mol. The Morgan fingerprint density at radius 3 is 1.87 bits per heavy atom. The lowest BCUT2D eigenvalue weighted by Gasteiger charge is -2.50. The molecule has 2 heteroatoms. The van der Waals surface area contributed by atoms with Gasteiger partial charge in [-0.3, -0.25) is 0 Å². The zero-order chi connectivity index (χ0) is 11.9. The van der Waals surface area contributed by atoms with E-state index >= 15 is 0 Å². The molecule has 0 amide bonds. The van der Waals surface area contributed by atoms with Crippen LogP contribution in [0.15, 0.2) is 0 Å². The summed E-state index contributed by atoms with van der Waals surface area (Å²) in [7, 11) is 0. The lowest BCUT2D eigenvalue weighted by Crippen LogP contribution is -2.47. The normalized spacial score (nSPS) is 31.9. The van der Waals surface area contributed by atoms with Gasteiger partial charge in [0.2, 0.25) is 0 Å². The van der Waals surface area contributed by atoms with Crippen LogP contribution in [0, 0.1) is 22.7 Å². The summed E-state index contributed by atoms with van der Waals surface area (Å²) in [4.78, 5) is 0. The van der Waals surface area contributed by atoms with Gasteiger partial charge in [0.25, 0.3) is 0 Å². The molecule has 1 aliphatic rings. The molecule has 0 N–H and O–H groups in total. The van der Waals surface area contributed by atoms with E-state index in [2.05, 4.69) is 47.6 Å². The van der Waals surface area contributed by atoms with Crippen LogP contribution in [-0.2, 0) is 0 Å². The molecule has 0 unspecified atom stereocenters. The van der Waals surface area contributed by atoms with Crippen molar-refractivity contribution in [3.63, 3.8) is 0 Å². The lowest BCUT2D eigenvalue weighted by molar-refractivity contribution is 0.121. The number of hydrogen-bond acceptors (Lipinski definition) is 2. The fourth-order valence-electron chi connectivity index (χ4n) is 2.13. The van der Waals surface area contributed by atoms with E-state index in [0.717, 1.165) is 12.8 Å². The highest BCUT2D eigenvalue weighted by molar-refractivity contribution is 8.02. The lowest BCUT2D eigenvalue weighted by atomic mass is 9.63. The van der Waals surface area contributed by atoms with Crippen molar-refractivity contribution in [1.29, 1.82) is 5.26 Å². The molecule has 0 aliphatic heterocycles. The molecule has 86 valence electrons. The number of thioether (sulfide) groups is 1. The standard InChI is InChI=1S/C13H23NS/c1-11(2,3)10-7-13(8-10,9-14)15-12(4,5)6/h10H,7-8H2,1-6H3. The first-order valence-electron chi connectivity index (χ1n) is 5.69. The van der Waals surface area contributed by atoms with Crippen molar-refractivity contribution in [3.05, 3.63) is 0 Å². The van der Waals surface area contributed by atoms with Crippen LogP contribution in [0.1, 0.15) is 54.4 Å². The van der Waals surface area contributed by atoms with Crippen LogP contribution in [0.5, 0.6) is 0 Å². The SMILES string of the molecule is CC(C)(C)SC1(C#N)CC(C(C)(C)C)C1. The van der Waals surface area contributed by atoms with Crippen LogP contribution < -0.4 is 0 Å². The van der Waals surface area contributed by atoms with Gasteiger partial charge in [0.05, 0.1) is 6.07 Å². The van der Waals surface area contributed by atoms with Gasteiger partial charge in [-0.15, -0.1) is 11.8 Å². The molecular weight excluding hydrogens is 202 g/mol. The van der Waals surface area contributed by atoms with Crippen LogP contribution in [-0.4, -0.2) is 9.49 Å². The quantitative estimate of drug-likeness (QED) is 0.666. The first-order valence-corrected chi connectivity index (χ1v) is 6.51. The van der Waals surface area contributed by atoms with Gasteiger partial charge < -0.3 is 0 Å². The third kappa shape index (κ3) is 3.14. The van der Waals surface area contributed by atoms with E-state index < -0.39 is 0 Å². The third-order valence-corrected chi connectivity index (χ3v) is 4.51. The van der Waals surface area contributed by atoms with Gasteiger partial charge in [-0.1, -0.05) is 41.5 Å². The molecule has 0 aromatic rings. The van der Waals surface area contributed by atoms with Gasteiger partial charge in [0.1, 0.15) is 4.75 Å². The number of nitriles is 1. The van der Waals surface area contributed by atoms with Crippen molar-refractivity contribution in [2.24, 2.45) is 11.3 Å². The minimum atomic E-state index is -0.101. The predicted molar refractivity (Wildman–Crippen MR) is 67.9 cm³/mol. The van der Waals surface area contributed by atoms with E-state index in [0.29, 0.717) is 11.3 Å². The number of nitrogens with zero attached hydrogens (tertiary/aromatic N) is 1. The summed E-state index contributed by atoms with van der Waals surface area (Å²) >= 11 is 1.85. The molecule has 0 spiro atoms. The molecule has 0 radical (unpaired) electrons. The zero-order valence-electron chi connectivity index (χ0n) is 10.8. The smallest absolute Gasteiger partial charge is 0.103 e. The van der Waals surface area contributed by atoms with Gasteiger partial charge in [0.15, 0.2) is 0 Å². The first kappa shape index (κ1) is 12.9. The molecule has 1 fully saturated rings. The highest BCUT2D eigenvalue weighted by Crippen LogP contribution is 2.56. The Morgan fingerprint density at radius 1 is 1.13 bits per heavy atom. The van der Waals surface area contributed by atoms with E-state index in [1.165, 1.54) is 0 Å². The van der Waals surface area contributed by atoms with Gasteiger partial charge in [-0.05, 0) is 24.2 Å². The van der Waals surface area contributed by atoms with E-state index in [-0.39, 0.29) is 9.49 Å². The fourth-order valence-corrected chi connectivity index (χ4v) is 3.92. The maximum atomic E-state index is 9.31. The summed E-state index contributed by atoms with van der Waals surface area (Å²) in [5.41, 5.74) is 0.360. The molecule has 1 aliphatic carbocycles. The maximum Gasteiger partial charge on any atom is 0.103 e. The minimum Gasteiger partial charge on any atom is -0.197 e. The molecule has 0 aromatic heterocycles. The van der Waals surface area contributed by atoms with Crippen molar-refractivity contribution >= 4 is 11.8 Å². The first-order chi connectivity index (χ1) is 6.58. The second-order valence-corrected chi connectivity index (χ2v) is 9.00. The number of hydrogen-bond donors (Lipinski definition) is 0. The summed E-state index contributed by atoms with van der Waals surface area (Å²) < 4.78 is 0.0920. The van der Waals surface area contributed by atoms with Gasteiger partial charge in [-0.2, -0.15) is 5.26 Å². The Kier molecular flexibility index (Phi) is 3.18. The summed E-state index contributed by atoms with van der Waals surface area (Å²) in [6.45, 7) is 13.4. The number of rotatable bonds is 1. The molecule has 15 heavy (non-hydrogen) atoms. The van der Waals surface area contributed by atoms with Crippen LogP contribution in [0.4, 0.5) is 0 Å². The topological polar surface area (TPSA) is 23.8 Å². The van der Waals surface area contributed by atoms with Crippen molar-refractivity contribution in [2.45, 2.75) is 63.9 Å². The molecule has 0 aromatic carbocycles. The monoisotopic (exact) mass is 225 g/mol. The summed E-state index contributed by atoms with van der Waals surface area (Å²) in [6.07, 6.45) is 2.13. The van der Waals surface area contributed by atoms with Gasteiger partial charge in [0, 0.05) is 4.75 Å². The Hall–Kier alpha value is -0.160. The van der Waals surface area contributed by atoms with Gasteiger partial charge in [-0.25, -0.2) is 0 Å². The van der Waals surface area contributed by atoms with Crippen molar-refractivity contribution in [1.82, 2.24) is 0 Å². The highest BCUT2D eigenvalue weighted by Gasteiger charge is 2.51. The predicted octanol–water partition coefficient (Wildman–Crippen LogP) is 4.24. The molecule has 1 rings (SSSR count). The Balaban J connectivity index is 2.62. The largest absolute Gasteiger partial charge is 0.197 e. The zero-order valence-corrected chi connectivity index (χ0v) is 11.7. The average Bonchev–Trinajstić information content (AvgIpc) is 1.91. The molecular formula is C13H23NS. The Labute approximate surface area is 98.6 Å². The molecule has 1 nitrogen and oxygen atoms in total. The molecule has 0 atom stereocenters. The van der Waals surface area contributed by atoms with Crippen LogP contribution in [0.25, 0.3) is 0 Å². The van der Waals surface area contributed by atoms with Gasteiger partial charge >= 0.3 is 0 Å². The molecule has 0 heterocycles. The van der Waals surface area contributed by atoms with Crippen LogP contribution in [0.2, 0.25) is 0 Å². The van der Waals surface area contributed by atoms with Crippen molar-refractivity contribution in [3.8, 4) is 6.07 Å². The van der Waals surface area contributed by atoms with Crippen LogP contribution in [0.3, 0.4) is 0 Å². The second kappa shape index (κ2) is 3.70. The molecule has 1 saturated carbocycles.